The molecule has 0 aliphatic rings. The molecule has 1 N–H and O–H groups in total. The summed E-state index contributed by atoms with van der Waals surface area (Å²) < 4.78 is 16.9. The minimum atomic E-state index is -0.694. The van der Waals surface area contributed by atoms with Crippen LogP contribution in [-0.2, 0) is 14.2 Å². The number of aliphatic hydroxyl groups is 1. The van der Waals surface area contributed by atoms with Crippen LogP contribution >= 0.6 is 34.8 Å². The summed E-state index contributed by atoms with van der Waals surface area (Å²) in [7, 11) is 0. The molecule has 0 spiro atoms. The van der Waals surface area contributed by atoms with E-state index in [9.17, 15) is 5.11 Å². The Kier molecular flexibility index (Phi) is 23.9. The lowest BCUT2D eigenvalue weighted by atomic mass is 10.1. The van der Waals surface area contributed by atoms with Gasteiger partial charge in [0.2, 0.25) is 0 Å². The second-order valence-corrected chi connectivity index (χ2v) is 8.56. The summed E-state index contributed by atoms with van der Waals surface area (Å²) in [5, 5.41) is 9.43. The van der Waals surface area contributed by atoms with Crippen molar-refractivity contribution < 1.29 is 19.3 Å². The number of alkyl halides is 3. The highest BCUT2D eigenvalue weighted by atomic mass is 35.5. The van der Waals surface area contributed by atoms with Crippen LogP contribution in [-0.4, -0.2) is 67.5 Å². The van der Waals surface area contributed by atoms with Gasteiger partial charge < -0.3 is 19.3 Å². The number of unbranched alkanes of at least 4 members (excludes halogenated alkanes) is 10. The first-order valence-corrected chi connectivity index (χ1v) is 12.9. The first-order valence-electron chi connectivity index (χ1n) is 11.3. The molecule has 176 valence electrons. The van der Waals surface area contributed by atoms with Crippen LogP contribution < -0.4 is 0 Å². The van der Waals surface area contributed by atoms with Crippen molar-refractivity contribution in [1.82, 2.24) is 0 Å². The summed E-state index contributed by atoms with van der Waals surface area (Å²) in [6.45, 7) is 3.94. The molecule has 4 nitrogen and oxygen atoms in total. The van der Waals surface area contributed by atoms with E-state index < -0.39 is 6.10 Å². The first kappa shape index (κ1) is 29.7. The molecule has 0 radical (unpaired) electrons. The fourth-order valence-electron chi connectivity index (χ4n) is 2.89. The largest absolute Gasteiger partial charge is 0.389 e. The van der Waals surface area contributed by atoms with Gasteiger partial charge in [0.1, 0.15) is 0 Å². The number of halogens is 3. The van der Waals surface area contributed by atoms with E-state index in [0.29, 0.717) is 19.1 Å². The summed E-state index contributed by atoms with van der Waals surface area (Å²) in [6.07, 6.45) is 13.4. The molecule has 0 aromatic carbocycles. The molecule has 0 aliphatic carbocycles. The molecule has 0 aromatic heterocycles. The molecule has 7 heteroatoms. The molecule has 0 saturated carbocycles. The fraction of sp³-hybridized carbons (Fsp3) is 1.00. The Hall–Kier alpha value is 0.710. The fourth-order valence-corrected chi connectivity index (χ4v) is 3.34. The smallest absolute Gasteiger partial charge is 0.0944 e. The molecule has 0 heterocycles. The molecule has 0 amide bonds. The SMILES string of the molecule is CCCCCCCCCCCCCOCC(CCl)OCC(CCl)OCC(O)CCl. The van der Waals surface area contributed by atoms with Crippen LogP contribution in [0.4, 0.5) is 0 Å². The van der Waals surface area contributed by atoms with Crippen molar-refractivity contribution in [3.05, 3.63) is 0 Å². The van der Waals surface area contributed by atoms with Gasteiger partial charge >= 0.3 is 0 Å². The molecule has 29 heavy (non-hydrogen) atoms. The molecule has 0 fully saturated rings. The molecule has 0 aromatic rings. The lowest BCUT2D eigenvalue weighted by Gasteiger charge is -2.21. The van der Waals surface area contributed by atoms with E-state index in [-0.39, 0.29) is 30.6 Å². The minimum absolute atomic E-state index is 0.132. The highest BCUT2D eigenvalue weighted by molar-refractivity contribution is 6.18. The van der Waals surface area contributed by atoms with Crippen molar-refractivity contribution in [2.45, 2.75) is 95.9 Å². The Morgan fingerprint density at radius 1 is 0.621 bits per heavy atom. The normalized spacial score (nSPS) is 14.8. The van der Waals surface area contributed by atoms with Crippen molar-refractivity contribution >= 4 is 34.8 Å². The number of hydrogen-bond acceptors (Lipinski definition) is 4. The molecule has 0 aliphatic heterocycles. The summed E-state index contributed by atoms with van der Waals surface area (Å²) in [6, 6.07) is 0. The van der Waals surface area contributed by atoms with E-state index in [0.717, 1.165) is 13.0 Å². The summed E-state index contributed by atoms with van der Waals surface area (Å²) in [5.74, 6) is 0.772. The average Bonchev–Trinajstić information content (AvgIpc) is 2.75. The van der Waals surface area contributed by atoms with Crippen LogP contribution in [0.25, 0.3) is 0 Å². The predicted octanol–water partition coefficient (Wildman–Crippen LogP) is 6.16. The van der Waals surface area contributed by atoms with Crippen molar-refractivity contribution in [2.75, 3.05) is 44.1 Å². The minimum Gasteiger partial charge on any atom is -0.389 e. The van der Waals surface area contributed by atoms with Gasteiger partial charge in [0, 0.05) is 6.61 Å². The lowest BCUT2D eigenvalue weighted by molar-refractivity contribution is -0.0676. The van der Waals surface area contributed by atoms with Gasteiger partial charge in [-0.25, -0.2) is 0 Å². The molecule has 0 bridgehead atoms. The standard InChI is InChI=1S/C22H43Cl3O4/c1-2-3-4-5-6-7-8-9-10-11-12-13-27-18-21(15-24)29-19-22(16-25)28-17-20(26)14-23/h20-22,26H,2-19H2,1H3. The predicted molar refractivity (Wildman–Crippen MR) is 125 cm³/mol. The Balaban J connectivity index is 3.54. The molecule has 3 atom stereocenters. The van der Waals surface area contributed by atoms with E-state index in [1.54, 1.807) is 0 Å². The first-order chi connectivity index (χ1) is 14.2. The number of aliphatic hydroxyl groups excluding tert-OH is 1. The maximum atomic E-state index is 9.43. The van der Waals surface area contributed by atoms with Gasteiger partial charge in [-0.3, -0.25) is 0 Å². The lowest BCUT2D eigenvalue weighted by Crippen LogP contribution is -2.31. The second kappa shape index (κ2) is 23.4. The highest BCUT2D eigenvalue weighted by Gasteiger charge is 2.15. The maximum absolute atomic E-state index is 9.43. The Morgan fingerprint density at radius 2 is 1.10 bits per heavy atom. The van der Waals surface area contributed by atoms with Crippen molar-refractivity contribution in [1.29, 1.82) is 0 Å². The van der Waals surface area contributed by atoms with Gasteiger partial charge in [-0.1, -0.05) is 71.1 Å². The van der Waals surface area contributed by atoms with Crippen LogP contribution in [0.5, 0.6) is 0 Å². The van der Waals surface area contributed by atoms with Gasteiger partial charge in [0.05, 0.1) is 55.8 Å². The van der Waals surface area contributed by atoms with Gasteiger partial charge in [-0.05, 0) is 6.42 Å². The van der Waals surface area contributed by atoms with Crippen LogP contribution in [0.2, 0.25) is 0 Å². The molecule has 3 unspecified atom stereocenters. The topological polar surface area (TPSA) is 47.9 Å². The van der Waals surface area contributed by atoms with E-state index in [2.05, 4.69) is 6.92 Å². The van der Waals surface area contributed by atoms with Gasteiger partial charge in [-0.2, -0.15) is 0 Å². The van der Waals surface area contributed by atoms with Crippen LogP contribution in [0, 0.1) is 0 Å². The summed E-state index contributed by atoms with van der Waals surface area (Å²) in [5.41, 5.74) is 0. The third-order valence-electron chi connectivity index (χ3n) is 4.76. The van der Waals surface area contributed by atoms with E-state index in [1.807, 2.05) is 0 Å². The number of ether oxygens (including phenoxy) is 3. The summed E-state index contributed by atoms with van der Waals surface area (Å²) >= 11 is 17.4. The molecule has 0 saturated heterocycles. The van der Waals surface area contributed by atoms with Crippen molar-refractivity contribution in [2.24, 2.45) is 0 Å². The van der Waals surface area contributed by atoms with Crippen LogP contribution in [0.15, 0.2) is 0 Å². The maximum Gasteiger partial charge on any atom is 0.0944 e. The molecule has 0 rings (SSSR count). The van der Waals surface area contributed by atoms with E-state index in [4.69, 9.17) is 49.0 Å². The highest BCUT2D eigenvalue weighted by Crippen LogP contribution is 2.11. The van der Waals surface area contributed by atoms with Gasteiger partial charge in [0.15, 0.2) is 0 Å². The van der Waals surface area contributed by atoms with Crippen molar-refractivity contribution in [3.8, 4) is 0 Å². The third-order valence-corrected chi connectivity index (χ3v) is 5.81. The van der Waals surface area contributed by atoms with E-state index in [1.165, 1.54) is 64.2 Å². The van der Waals surface area contributed by atoms with Gasteiger partial charge in [0.25, 0.3) is 0 Å². The third kappa shape index (κ3) is 20.4. The van der Waals surface area contributed by atoms with Crippen LogP contribution in [0.1, 0.15) is 77.6 Å². The zero-order valence-electron chi connectivity index (χ0n) is 18.3. The average molecular weight is 478 g/mol. The summed E-state index contributed by atoms with van der Waals surface area (Å²) in [4.78, 5) is 0. The quantitative estimate of drug-likeness (QED) is 0.141. The Bertz CT molecular complexity index is 324. The van der Waals surface area contributed by atoms with E-state index >= 15 is 0 Å². The zero-order chi connectivity index (χ0) is 21.6. The zero-order valence-corrected chi connectivity index (χ0v) is 20.5. The second-order valence-electron chi connectivity index (χ2n) is 7.64. The number of hydrogen-bond donors (Lipinski definition) is 1. The molecular weight excluding hydrogens is 435 g/mol. The Morgan fingerprint density at radius 3 is 1.62 bits per heavy atom. The molecular formula is C22H43Cl3O4. The van der Waals surface area contributed by atoms with Crippen molar-refractivity contribution in [3.63, 3.8) is 0 Å². The van der Waals surface area contributed by atoms with Gasteiger partial charge in [-0.15, -0.1) is 34.8 Å². The van der Waals surface area contributed by atoms with Crippen LogP contribution in [0.3, 0.4) is 0 Å². The Labute approximate surface area is 193 Å². The monoisotopic (exact) mass is 476 g/mol. The number of rotatable bonds is 23.